The van der Waals surface area contributed by atoms with Gasteiger partial charge in [-0.25, -0.2) is 4.98 Å². The van der Waals surface area contributed by atoms with Crippen LogP contribution < -0.4 is 10.6 Å². The molecule has 2 N–H and O–H groups in total. The Hall–Kier alpha value is -1.43. The minimum absolute atomic E-state index is 0.0615. The van der Waals surface area contributed by atoms with E-state index in [4.69, 9.17) is 0 Å². The minimum atomic E-state index is -0.237. The van der Waals surface area contributed by atoms with E-state index < -0.39 is 0 Å². The highest BCUT2D eigenvalue weighted by molar-refractivity contribution is 7.07. The van der Waals surface area contributed by atoms with Crippen molar-refractivity contribution in [2.75, 3.05) is 6.54 Å². The molecule has 0 atom stereocenters. The number of hydrogen-bond donors (Lipinski definition) is 2. The number of carbonyl (C=O) groups is 2. The standard InChI is InChI=1S/C10H15N3O2S/c1-7(2)13-9(14)3-4-11-10(15)8-5-16-6-12-8/h5-7H,3-4H2,1-2H3,(H,11,15)(H,13,14). The van der Waals surface area contributed by atoms with Crippen LogP contribution in [0.1, 0.15) is 30.8 Å². The highest BCUT2D eigenvalue weighted by Crippen LogP contribution is 1.99. The van der Waals surface area contributed by atoms with E-state index >= 15 is 0 Å². The molecule has 0 spiro atoms. The van der Waals surface area contributed by atoms with E-state index in [1.165, 1.54) is 11.3 Å². The summed E-state index contributed by atoms with van der Waals surface area (Å²) < 4.78 is 0. The fraction of sp³-hybridized carbons (Fsp3) is 0.500. The van der Waals surface area contributed by atoms with Crippen LogP contribution in [0.3, 0.4) is 0 Å². The van der Waals surface area contributed by atoms with Gasteiger partial charge in [-0.05, 0) is 13.8 Å². The van der Waals surface area contributed by atoms with E-state index in [2.05, 4.69) is 15.6 Å². The highest BCUT2D eigenvalue weighted by atomic mass is 32.1. The first kappa shape index (κ1) is 12.6. The monoisotopic (exact) mass is 241 g/mol. The van der Waals surface area contributed by atoms with Crippen LogP contribution >= 0.6 is 11.3 Å². The summed E-state index contributed by atoms with van der Waals surface area (Å²) in [4.78, 5) is 26.5. The predicted octanol–water partition coefficient (Wildman–Crippen LogP) is 0.788. The van der Waals surface area contributed by atoms with Gasteiger partial charge in [0.15, 0.2) is 0 Å². The number of rotatable bonds is 5. The van der Waals surface area contributed by atoms with E-state index in [9.17, 15) is 9.59 Å². The SMILES string of the molecule is CC(C)NC(=O)CCNC(=O)c1cscn1. The lowest BCUT2D eigenvalue weighted by Crippen LogP contribution is -2.34. The summed E-state index contributed by atoms with van der Waals surface area (Å²) in [6.07, 6.45) is 0.286. The number of nitrogens with one attached hydrogen (secondary N) is 2. The summed E-state index contributed by atoms with van der Waals surface area (Å²) in [6, 6.07) is 0.127. The molecule has 16 heavy (non-hydrogen) atoms. The van der Waals surface area contributed by atoms with E-state index in [1.807, 2.05) is 13.8 Å². The summed E-state index contributed by atoms with van der Waals surface area (Å²) in [5, 5.41) is 7.05. The molecule has 88 valence electrons. The lowest BCUT2D eigenvalue weighted by molar-refractivity contribution is -0.121. The fourth-order valence-electron chi connectivity index (χ4n) is 1.10. The van der Waals surface area contributed by atoms with Crippen LogP contribution in [0.4, 0.5) is 0 Å². The average molecular weight is 241 g/mol. The molecular weight excluding hydrogens is 226 g/mol. The Balaban J connectivity index is 2.21. The van der Waals surface area contributed by atoms with Crippen LogP contribution in [-0.4, -0.2) is 29.4 Å². The lowest BCUT2D eigenvalue weighted by Gasteiger charge is -2.08. The molecule has 1 aromatic rings. The molecule has 0 aromatic carbocycles. The molecule has 0 radical (unpaired) electrons. The number of thiazole rings is 1. The van der Waals surface area contributed by atoms with Crippen LogP contribution in [-0.2, 0) is 4.79 Å². The number of carbonyl (C=O) groups excluding carboxylic acids is 2. The van der Waals surface area contributed by atoms with Crippen molar-refractivity contribution in [2.45, 2.75) is 26.3 Å². The van der Waals surface area contributed by atoms with Gasteiger partial charge < -0.3 is 10.6 Å². The predicted molar refractivity (Wildman–Crippen MR) is 62.3 cm³/mol. The maximum absolute atomic E-state index is 11.4. The third-order valence-corrected chi connectivity index (χ3v) is 2.34. The fourth-order valence-corrected chi connectivity index (χ4v) is 1.63. The van der Waals surface area contributed by atoms with Gasteiger partial charge in [0.05, 0.1) is 5.51 Å². The van der Waals surface area contributed by atoms with Crippen LogP contribution in [0.15, 0.2) is 10.9 Å². The molecule has 0 unspecified atom stereocenters. The minimum Gasteiger partial charge on any atom is -0.354 e. The first-order valence-corrected chi connectivity index (χ1v) is 5.99. The molecule has 0 aliphatic rings. The van der Waals surface area contributed by atoms with Crippen LogP contribution in [0.5, 0.6) is 0 Å². The average Bonchev–Trinajstić information content (AvgIpc) is 2.68. The Morgan fingerprint density at radius 2 is 2.25 bits per heavy atom. The van der Waals surface area contributed by atoms with Gasteiger partial charge in [-0.1, -0.05) is 0 Å². The number of amides is 2. The van der Waals surface area contributed by atoms with Crippen molar-refractivity contribution in [1.29, 1.82) is 0 Å². The van der Waals surface area contributed by atoms with E-state index in [0.717, 1.165) is 0 Å². The maximum atomic E-state index is 11.4. The number of aromatic nitrogens is 1. The molecule has 0 aliphatic carbocycles. The number of hydrogen-bond acceptors (Lipinski definition) is 4. The van der Waals surface area contributed by atoms with Crippen LogP contribution in [0.25, 0.3) is 0 Å². The zero-order valence-electron chi connectivity index (χ0n) is 9.32. The summed E-state index contributed by atoms with van der Waals surface area (Å²) in [7, 11) is 0. The van der Waals surface area contributed by atoms with Crippen LogP contribution in [0, 0.1) is 0 Å². The van der Waals surface area contributed by atoms with Gasteiger partial charge in [0.1, 0.15) is 5.69 Å². The van der Waals surface area contributed by atoms with Gasteiger partial charge in [-0.15, -0.1) is 11.3 Å². The van der Waals surface area contributed by atoms with Gasteiger partial charge in [0.2, 0.25) is 5.91 Å². The summed E-state index contributed by atoms with van der Waals surface area (Å²) in [6.45, 7) is 4.12. The van der Waals surface area contributed by atoms with E-state index in [-0.39, 0.29) is 24.3 Å². The largest absolute Gasteiger partial charge is 0.354 e. The smallest absolute Gasteiger partial charge is 0.270 e. The molecular formula is C10H15N3O2S. The molecule has 1 aromatic heterocycles. The van der Waals surface area contributed by atoms with Gasteiger partial charge in [0.25, 0.3) is 5.91 Å². The van der Waals surface area contributed by atoms with Gasteiger partial charge in [-0.3, -0.25) is 9.59 Å². The van der Waals surface area contributed by atoms with Crippen molar-refractivity contribution >= 4 is 23.2 Å². The van der Waals surface area contributed by atoms with Crippen molar-refractivity contribution in [3.05, 3.63) is 16.6 Å². The Bertz CT molecular complexity index is 349. The Morgan fingerprint density at radius 1 is 1.50 bits per heavy atom. The summed E-state index contributed by atoms with van der Waals surface area (Å²) in [5.74, 6) is -0.299. The molecule has 0 bridgehead atoms. The second-order valence-electron chi connectivity index (χ2n) is 3.60. The molecule has 1 rings (SSSR count). The third-order valence-electron chi connectivity index (χ3n) is 1.75. The van der Waals surface area contributed by atoms with Gasteiger partial charge in [0, 0.05) is 24.4 Å². The normalized spacial score (nSPS) is 10.2. The third kappa shape index (κ3) is 4.39. The van der Waals surface area contributed by atoms with Gasteiger partial charge in [-0.2, -0.15) is 0 Å². The highest BCUT2D eigenvalue weighted by Gasteiger charge is 2.08. The lowest BCUT2D eigenvalue weighted by atomic mass is 10.3. The number of nitrogens with zero attached hydrogens (tertiary/aromatic N) is 1. The maximum Gasteiger partial charge on any atom is 0.270 e. The first-order chi connectivity index (χ1) is 7.59. The Morgan fingerprint density at radius 3 is 2.81 bits per heavy atom. The molecule has 0 saturated heterocycles. The molecule has 5 nitrogen and oxygen atoms in total. The zero-order chi connectivity index (χ0) is 12.0. The molecule has 6 heteroatoms. The van der Waals surface area contributed by atoms with Gasteiger partial charge >= 0.3 is 0 Å². The first-order valence-electron chi connectivity index (χ1n) is 5.05. The molecule has 0 saturated carbocycles. The second kappa shape index (κ2) is 6.22. The molecule has 2 amide bonds. The second-order valence-corrected chi connectivity index (χ2v) is 4.32. The molecule has 0 fully saturated rings. The van der Waals surface area contributed by atoms with Crippen molar-refractivity contribution < 1.29 is 9.59 Å². The topological polar surface area (TPSA) is 71.1 Å². The molecule has 1 heterocycles. The summed E-state index contributed by atoms with van der Waals surface area (Å²) in [5.41, 5.74) is 2.00. The summed E-state index contributed by atoms with van der Waals surface area (Å²) >= 11 is 1.36. The van der Waals surface area contributed by atoms with Crippen molar-refractivity contribution in [2.24, 2.45) is 0 Å². The van der Waals surface area contributed by atoms with E-state index in [1.54, 1.807) is 10.9 Å². The van der Waals surface area contributed by atoms with Crippen molar-refractivity contribution in [3.8, 4) is 0 Å². The Kier molecular flexibility index (Phi) is 4.91. The Labute approximate surface area is 98.3 Å². The molecule has 0 aliphatic heterocycles. The van der Waals surface area contributed by atoms with Crippen molar-refractivity contribution in [1.82, 2.24) is 15.6 Å². The van der Waals surface area contributed by atoms with Crippen LogP contribution in [0.2, 0.25) is 0 Å². The zero-order valence-corrected chi connectivity index (χ0v) is 10.1. The van der Waals surface area contributed by atoms with Crippen molar-refractivity contribution in [3.63, 3.8) is 0 Å². The van der Waals surface area contributed by atoms with E-state index in [0.29, 0.717) is 12.2 Å². The quantitative estimate of drug-likeness (QED) is 0.800.